The van der Waals surface area contributed by atoms with Crippen LogP contribution in [0.15, 0.2) is 36.5 Å². The Balaban J connectivity index is 2.27. The molecule has 1 N–H and O–H groups in total. The van der Waals surface area contributed by atoms with Crippen molar-refractivity contribution >= 4 is 16.9 Å². The Kier molecular flexibility index (Phi) is 5.03. The van der Waals surface area contributed by atoms with Gasteiger partial charge < -0.3 is 9.47 Å². The summed E-state index contributed by atoms with van der Waals surface area (Å²) in [5.41, 5.74) is 1.75. The van der Waals surface area contributed by atoms with Gasteiger partial charge in [-0.25, -0.2) is 4.79 Å². The van der Waals surface area contributed by atoms with E-state index in [2.05, 4.69) is 10.3 Å². The summed E-state index contributed by atoms with van der Waals surface area (Å²) >= 11 is 0. The predicted molar refractivity (Wildman–Crippen MR) is 76.4 cm³/mol. The van der Waals surface area contributed by atoms with Crippen molar-refractivity contribution in [2.75, 3.05) is 27.4 Å². The lowest BCUT2D eigenvalue weighted by Crippen LogP contribution is -2.32. The van der Waals surface area contributed by atoms with Gasteiger partial charge in [0.25, 0.3) is 0 Å². The lowest BCUT2D eigenvalue weighted by Gasteiger charge is -2.17. The third-order valence-corrected chi connectivity index (χ3v) is 3.05. The van der Waals surface area contributed by atoms with Gasteiger partial charge >= 0.3 is 5.97 Å². The second-order valence-corrected chi connectivity index (χ2v) is 4.36. The molecule has 1 unspecified atom stereocenters. The molecule has 1 aromatic carbocycles. The number of nitrogens with zero attached hydrogens (tertiary/aromatic N) is 1. The largest absolute Gasteiger partial charge is 0.468 e. The van der Waals surface area contributed by atoms with Crippen LogP contribution in [-0.2, 0) is 14.3 Å². The minimum absolute atomic E-state index is 0.315. The second kappa shape index (κ2) is 6.98. The zero-order valence-corrected chi connectivity index (χ0v) is 11.6. The van der Waals surface area contributed by atoms with E-state index in [1.807, 2.05) is 30.3 Å². The molecular weight excluding hydrogens is 256 g/mol. The summed E-state index contributed by atoms with van der Waals surface area (Å²) in [6.45, 7) is 1.10. The maximum Gasteiger partial charge on any atom is 0.327 e. The molecule has 2 aromatic rings. The Morgan fingerprint density at radius 1 is 1.35 bits per heavy atom. The number of rotatable bonds is 6. The molecule has 1 atom stereocenters. The minimum Gasteiger partial charge on any atom is -0.468 e. The Hall–Kier alpha value is -1.98. The van der Waals surface area contributed by atoms with E-state index in [1.54, 1.807) is 13.3 Å². The fourth-order valence-corrected chi connectivity index (χ4v) is 2.03. The SMILES string of the molecule is COCCNC(C(=O)OC)c1ccc2ncccc2c1. The lowest BCUT2D eigenvalue weighted by molar-refractivity contribution is -0.143. The van der Waals surface area contributed by atoms with E-state index in [0.29, 0.717) is 13.2 Å². The number of hydrogen-bond acceptors (Lipinski definition) is 5. The molecule has 0 saturated heterocycles. The summed E-state index contributed by atoms with van der Waals surface area (Å²) in [4.78, 5) is 16.2. The summed E-state index contributed by atoms with van der Waals surface area (Å²) in [6.07, 6.45) is 1.75. The van der Waals surface area contributed by atoms with Gasteiger partial charge in [-0.3, -0.25) is 10.3 Å². The highest BCUT2D eigenvalue weighted by Crippen LogP contribution is 2.20. The smallest absolute Gasteiger partial charge is 0.327 e. The van der Waals surface area contributed by atoms with Crippen LogP contribution in [-0.4, -0.2) is 38.3 Å². The number of pyridine rings is 1. The van der Waals surface area contributed by atoms with Crippen LogP contribution in [0.2, 0.25) is 0 Å². The van der Waals surface area contributed by atoms with Gasteiger partial charge in [0.15, 0.2) is 0 Å². The second-order valence-electron chi connectivity index (χ2n) is 4.36. The molecule has 0 aliphatic rings. The van der Waals surface area contributed by atoms with E-state index in [1.165, 1.54) is 7.11 Å². The quantitative estimate of drug-likeness (QED) is 0.641. The van der Waals surface area contributed by atoms with Gasteiger partial charge in [-0.2, -0.15) is 0 Å². The van der Waals surface area contributed by atoms with Gasteiger partial charge in [0.1, 0.15) is 6.04 Å². The summed E-state index contributed by atoms with van der Waals surface area (Å²) in [5, 5.41) is 4.13. The number of esters is 1. The Bertz CT molecular complexity index is 586. The molecule has 0 radical (unpaired) electrons. The van der Waals surface area contributed by atoms with Gasteiger partial charge in [-0.05, 0) is 23.8 Å². The normalized spacial score (nSPS) is 12.3. The van der Waals surface area contributed by atoms with Crippen molar-refractivity contribution in [1.29, 1.82) is 0 Å². The number of benzene rings is 1. The van der Waals surface area contributed by atoms with Gasteiger partial charge in [-0.1, -0.05) is 12.1 Å². The summed E-state index contributed by atoms with van der Waals surface area (Å²) < 4.78 is 9.84. The first kappa shape index (κ1) is 14.4. The summed E-state index contributed by atoms with van der Waals surface area (Å²) in [5.74, 6) is -0.315. The number of methoxy groups -OCH3 is 2. The van der Waals surface area contributed by atoms with E-state index in [9.17, 15) is 4.79 Å². The average molecular weight is 274 g/mol. The molecule has 0 saturated carbocycles. The fourth-order valence-electron chi connectivity index (χ4n) is 2.03. The number of aromatic nitrogens is 1. The van der Waals surface area contributed by atoms with Gasteiger partial charge in [-0.15, -0.1) is 0 Å². The molecule has 1 heterocycles. The molecule has 0 aliphatic carbocycles. The topological polar surface area (TPSA) is 60.5 Å². The van der Waals surface area contributed by atoms with E-state index in [-0.39, 0.29) is 5.97 Å². The van der Waals surface area contributed by atoms with Crippen LogP contribution < -0.4 is 5.32 Å². The third kappa shape index (κ3) is 3.31. The molecule has 5 nitrogen and oxygen atoms in total. The number of carbonyl (C=O) groups excluding carboxylic acids is 1. The van der Waals surface area contributed by atoms with Crippen LogP contribution in [0.3, 0.4) is 0 Å². The molecular formula is C15H18N2O3. The van der Waals surface area contributed by atoms with E-state index >= 15 is 0 Å². The van der Waals surface area contributed by atoms with Crippen molar-refractivity contribution in [3.05, 3.63) is 42.1 Å². The third-order valence-electron chi connectivity index (χ3n) is 3.05. The summed E-state index contributed by atoms with van der Waals surface area (Å²) in [7, 11) is 3.01. The van der Waals surface area contributed by atoms with Gasteiger partial charge in [0.05, 0.1) is 19.2 Å². The molecule has 2 rings (SSSR count). The van der Waals surface area contributed by atoms with Crippen LogP contribution in [0.25, 0.3) is 10.9 Å². The van der Waals surface area contributed by atoms with Crippen molar-refractivity contribution in [2.24, 2.45) is 0 Å². The number of fused-ring (bicyclic) bond motifs is 1. The highest BCUT2D eigenvalue weighted by atomic mass is 16.5. The highest BCUT2D eigenvalue weighted by molar-refractivity contribution is 5.83. The van der Waals surface area contributed by atoms with Gasteiger partial charge in [0, 0.05) is 25.2 Å². The summed E-state index contributed by atoms with van der Waals surface area (Å²) in [6, 6.07) is 9.08. The van der Waals surface area contributed by atoms with E-state index < -0.39 is 6.04 Å². The van der Waals surface area contributed by atoms with Crippen molar-refractivity contribution in [3.63, 3.8) is 0 Å². The maximum atomic E-state index is 11.9. The molecule has 0 aliphatic heterocycles. The molecule has 5 heteroatoms. The van der Waals surface area contributed by atoms with Crippen LogP contribution >= 0.6 is 0 Å². The molecule has 0 bridgehead atoms. The molecule has 106 valence electrons. The van der Waals surface area contributed by atoms with E-state index in [0.717, 1.165) is 16.5 Å². The van der Waals surface area contributed by atoms with Crippen LogP contribution in [0.4, 0.5) is 0 Å². The maximum absolute atomic E-state index is 11.9. The van der Waals surface area contributed by atoms with Crippen LogP contribution in [0.5, 0.6) is 0 Å². The number of hydrogen-bond donors (Lipinski definition) is 1. The van der Waals surface area contributed by atoms with Crippen LogP contribution in [0, 0.1) is 0 Å². The highest BCUT2D eigenvalue weighted by Gasteiger charge is 2.20. The molecule has 1 aromatic heterocycles. The Morgan fingerprint density at radius 3 is 2.95 bits per heavy atom. The molecule has 0 amide bonds. The zero-order chi connectivity index (χ0) is 14.4. The van der Waals surface area contributed by atoms with Crippen molar-refractivity contribution < 1.29 is 14.3 Å². The number of ether oxygens (including phenoxy) is 2. The van der Waals surface area contributed by atoms with Crippen molar-refractivity contribution in [1.82, 2.24) is 10.3 Å². The van der Waals surface area contributed by atoms with Crippen LogP contribution in [0.1, 0.15) is 11.6 Å². The first-order valence-electron chi connectivity index (χ1n) is 6.41. The van der Waals surface area contributed by atoms with Gasteiger partial charge in [0.2, 0.25) is 0 Å². The monoisotopic (exact) mass is 274 g/mol. The Labute approximate surface area is 117 Å². The molecule has 0 fully saturated rings. The minimum atomic E-state index is -0.500. The molecule has 20 heavy (non-hydrogen) atoms. The predicted octanol–water partition coefficient (Wildman–Crippen LogP) is 1.68. The standard InChI is InChI=1S/C15H18N2O3/c1-19-9-8-17-14(15(18)20-2)12-5-6-13-11(10-12)4-3-7-16-13/h3-7,10,14,17H,8-9H2,1-2H3. The lowest BCUT2D eigenvalue weighted by atomic mass is 10.0. The number of nitrogens with one attached hydrogen (secondary N) is 1. The first-order chi connectivity index (χ1) is 9.76. The Morgan fingerprint density at radius 2 is 2.20 bits per heavy atom. The fraction of sp³-hybridized carbons (Fsp3) is 0.333. The number of carbonyl (C=O) groups is 1. The molecule has 0 spiro atoms. The average Bonchev–Trinajstić information content (AvgIpc) is 2.50. The first-order valence-corrected chi connectivity index (χ1v) is 6.41. The zero-order valence-electron chi connectivity index (χ0n) is 11.6. The van der Waals surface area contributed by atoms with Crippen molar-refractivity contribution in [2.45, 2.75) is 6.04 Å². The van der Waals surface area contributed by atoms with E-state index in [4.69, 9.17) is 9.47 Å². The van der Waals surface area contributed by atoms with Crippen molar-refractivity contribution in [3.8, 4) is 0 Å².